The number of nitrogens with zero attached hydrogens (tertiary/aromatic N) is 1. The highest BCUT2D eigenvalue weighted by Gasteiger charge is 2.39. The molecule has 0 saturated carbocycles. The first kappa shape index (κ1) is 39.7. The van der Waals surface area contributed by atoms with Crippen LogP contribution in [0.2, 0.25) is 0 Å². The summed E-state index contributed by atoms with van der Waals surface area (Å²) in [5.41, 5.74) is 7.60. The van der Waals surface area contributed by atoms with E-state index in [2.05, 4.69) is 4.57 Å². The maximum Gasteiger partial charge on any atom is 0.196 e. The Balaban J connectivity index is 1.63. The molecule has 0 fully saturated rings. The Morgan fingerprint density at radius 3 is 1.28 bits per heavy atom. The van der Waals surface area contributed by atoms with Gasteiger partial charge in [-0.15, -0.1) is 0 Å². The highest BCUT2D eigenvalue weighted by atomic mass is 16.5. The SMILES string of the molecule is COc1ccc(CCn2c3c(c4c2=C(c2ccc(OC)c(OC)c2)C(=O)c2cc(OC)c(OC)cc2-4)-c2cc(OC)c(OC)cc2C(=O)C=3c2ccc(OC)c(C)c2)cc1. The summed E-state index contributed by atoms with van der Waals surface area (Å²) in [7, 11) is 12.6. The second-order valence-electron chi connectivity index (χ2n) is 14.4. The van der Waals surface area contributed by atoms with Crippen molar-refractivity contribution >= 4 is 22.7 Å². The lowest BCUT2D eigenvalue weighted by molar-refractivity contribution is 0.104. The van der Waals surface area contributed by atoms with Crippen molar-refractivity contribution in [3.8, 4) is 68.2 Å². The topological polar surface area (TPSA) is 113 Å². The van der Waals surface area contributed by atoms with E-state index in [-0.39, 0.29) is 11.6 Å². The van der Waals surface area contributed by atoms with Crippen LogP contribution in [0.15, 0.2) is 84.9 Å². The summed E-state index contributed by atoms with van der Waals surface area (Å²) < 4.78 is 48.0. The standard InChI is InChI=1S/C49H45NO10/c1-26-20-28(12-16-35(26)54-3)42-46-44(31-22-38(57-6)40(59-8)24-33(31)48(42)51)45-32-23-39(58-7)41(60-9)25-34(32)49(52)43(29-13-17-36(55-4)37(21-29)56-5)47(45)50(46)19-18-27-10-14-30(53-2)15-11-27/h10-17,20-25H,18-19H2,1-9H3. The average Bonchev–Trinajstić information content (AvgIpc) is 3.61. The van der Waals surface area contributed by atoms with E-state index >= 15 is 9.59 Å². The quantitative estimate of drug-likeness (QED) is 0.119. The Morgan fingerprint density at radius 1 is 0.433 bits per heavy atom. The van der Waals surface area contributed by atoms with Gasteiger partial charge in [0.25, 0.3) is 0 Å². The fourth-order valence-electron chi connectivity index (χ4n) is 8.51. The smallest absolute Gasteiger partial charge is 0.196 e. The molecule has 0 unspecified atom stereocenters. The molecule has 1 aromatic heterocycles. The number of aromatic nitrogens is 1. The zero-order valence-corrected chi connectivity index (χ0v) is 35.0. The number of methoxy groups -OCH3 is 8. The third-order valence-electron chi connectivity index (χ3n) is 11.4. The van der Waals surface area contributed by atoms with Crippen LogP contribution in [-0.2, 0) is 13.0 Å². The lowest BCUT2D eigenvalue weighted by atomic mass is 9.79. The zero-order chi connectivity index (χ0) is 42.4. The first-order valence-corrected chi connectivity index (χ1v) is 19.3. The largest absolute Gasteiger partial charge is 0.497 e. The van der Waals surface area contributed by atoms with Crippen LogP contribution in [-0.4, -0.2) is 73.0 Å². The molecule has 0 spiro atoms. The van der Waals surface area contributed by atoms with Crippen LogP contribution in [0.25, 0.3) is 33.4 Å². The molecule has 1 heterocycles. The number of hydrogen-bond donors (Lipinski definition) is 0. The van der Waals surface area contributed by atoms with E-state index in [9.17, 15) is 0 Å². The first-order valence-electron chi connectivity index (χ1n) is 19.3. The lowest BCUT2D eigenvalue weighted by Crippen LogP contribution is -2.36. The summed E-state index contributed by atoms with van der Waals surface area (Å²) in [6.07, 6.45) is 0.547. The minimum Gasteiger partial charge on any atom is -0.497 e. The second-order valence-corrected chi connectivity index (χ2v) is 14.4. The van der Waals surface area contributed by atoms with Crippen molar-refractivity contribution in [3.63, 3.8) is 0 Å². The van der Waals surface area contributed by atoms with Gasteiger partial charge in [-0.1, -0.05) is 24.3 Å². The van der Waals surface area contributed by atoms with Gasteiger partial charge in [0.1, 0.15) is 11.5 Å². The minimum absolute atomic E-state index is 0.213. The molecule has 0 radical (unpaired) electrons. The molecule has 0 bridgehead atoms. The molecule has 0 saturated heterocycles. The summed E-state index contributed by atoms with van der Waals surface area (Å²) in [5, 5.41) is 1.28. The maximum atomic E-state index is 15.4. The summed E-state index contributed by atoms with van der Waals surface area (Å²) in [6, 6.07) is 26.2. The molecule has 11 nitrogen and oxygen atoms in total. The minimum atomic E-state index is -0.244. The predicted molar refractivity (Wildman–Crippen MR) is 228 cm³/mol. The van der Waals surface area contributed by atoms with E-state index in [1.165, 1.54) is 0 Å². The van der Waals surface area contributed by atoms with Crippen molar-refractivity contribution in [2.24, 2.45) is 0 Å². The van der Waals surface area contributed by atoms with Crippen LogP contribution < -0.4 is 48.6 Å². The number of hydrogen-bond acceptors (Lipinski definition) is 10. The Morgan fingerprint density at radius 2 is 0.850 bits per heavy atom. The summed E-state index contributed by atoms with van der Waals surface area (Å²) in [4.78, 5) is 30.8. The van der Waals surface area contributed by atoms with E-state index in [1.807, 2.05) is 73.7 Å². The molecule has 11 heteroatoms. The van der Waals surface area contributed by atoms with E-state index < -0.39 is 0 Å². The van der Waals surface area contributed by atoms with Crippen molar-refractivity contribution in [3.05, 3.63) is 129 Å². The molecular formula is C49H45NO10. The van der Waals surface area contributed by atoms with Crippen molar-refractivity contribution in [1.82, 2.24) is 4.57 Å². The summed E-state index contributed by atoms with van der Waals surface area (Å²) >= 11 is 0. The number of carbonyl (C=O) groups excluding carboxylic acids is 2. The molecule has 0 aliphatic heterocycles. The van der Waals surface area contributed by atoms with E-state index in [0.29, 0.717) is 108 Å². The number of benzene rings is 5. The van der Waals surface area contributed by atoms with Gasteiger partial charge in [0.2, 0.25) is 0 Å². The third-order valence-corrected chi connectivity index (χ3v) is 11.4. The highest BCUT2D eigenvalue weighted by molar-refractivity contribution is 6.36. The van der Waals surface area contributed by atoms with E-state index in [0.717, 1.165) is 28.0 Å². The number of rotatable bonds is 13. The Hall–Kier alpha value is -7.14. The van der Waals surface area contributed by atoms with Gasteiger partial charge in [0.05, 0.1) is 78.7 Å². The molecule has 306 valence electrons. The number of Topliss-reactive ketones (excluding diaryl/α,β-unsaturated/α-hetero) is 2. The van der Waals surface area contributed by atoms with Crippen molar-refractivity contribution < 1.29 is 47.5 Å². The van der Waals surface area contributed by atoms with E-state index in [1.54, 1.807) is 75.1 Å². The predicted octanol–water partition coefficient (Wildman–Crippen LogP) is 7.23. The fraction of sp³-hybridized carbons (Fsp3) is 0.224. The molecule has 5 aromatic carbocycles. The van der Waals surface area contributed by atoms with Crippen molar-refractivity contribution in [2.45, 2.75) is 19.9 Å². The zero-order valence-electron chi connectivity index (χ0n) is 35.0. The van der Waals surface area contributed by atoms with Crippen molar-refractivity contribution in [2.75, 3.05) is 56.9 Å². The van der Waals surface area contributed by atoms with Crippen LogP contribution >= 0.6 is 0 Å². The van der Waals surface area contributed by atoms with Gasteiger partial charge in [-0.25, -0.2) is 0 Å². The monoisotopic (exact) mass is 807 g/mol. The summed E-state index contributed by atoms with van der Waals surface area (Å²) in [6.45, 7) is 2.33. The van der Waals surface area contributed by atoms with Crippen LogP contribution in [0.3, 0.4) is 0 Å². The number of fused-ring (bicyclic) bond motifs is 7. The second kappa shape index (κ2) is 15.9. The van der Waals surface area contributed by atoms with Gasteiger partial charge < -0.3 is 42.5 Å². The Kier molecular flexibility index (Phi) is 10.5. The van der Waals surface area contributed by atoms with Gasteiger partial charge in [0.15, 0.2) is 46.1 Å². The van der Waals surface area contributed by atoms with Gasteiger partial charge in [-0.2, -0.15) is 0 Å². The van der Waals surface area contributed by atoms with Crippen LogP contribution in [0, 0.1) is 6.92 Å². The normalized spacial score (nSPS) is 12.6. The van der Waals surface area contributed by atoms with Crippen molar-refractivity contribution in [1.29, 1.82) is 0 Å². The van der Waals surface area contributed by atoms with Gasteiger partial charge >= 0.3 is 0 Å². The van der Waals surface area contributed by atoms with Gasteiger partial charge in [0, 0.05) is 28.8 Å². The molecule has 2 aliphatic rings. The molecule has 60 heavy (non-hydrogen) atoms. The van der Waals surface area contributed by atoms with Crippen LogP contribution in [0.4, 0.5) is 0 Å². The Bertz CT molecular complexity index is 2850. The first-order chi connectivity index (χ1) is 29.1. The Labute approximate surface area is 347 Å². The van der Waals surface area contributed by atoms with Crippen LogP contribution in [0.1, 0.15) is 43.0 Å². The van der Waals surface area contributed by atoms with Crippen LogP contribution in [0.5, 0.6) is 46.0 Å². The van der Waals surface area contributed by atoms with Gasteiger partial charge in [-0.3, -0.25) is 9.59 Å². The molecule has 8 rings (SSSR count). The molecule has 0 N–H and O–H groups in total. The molecule has 0 atom stereocenters. The molecule has 0 amide bonds. The highest BCUT2D eigenvalue weighted by Crippen LogP contribution is 2.47. The molecular weight excluding hydrogens is 763 g/mol. The van der Waals surface area contributed by atoms with Gasteiger partial charge in [-0.05, 0) is 107 Å². The maximum absolute atomic E-state index is 15.4. The summed E-state index contributed by atoms with van der Waals surface area (Å²) in [5.74, 6) is 3.63. The van der Waals surface area contributed by atoms with E-state index in [4.69, 9.17) is 37.9 Å². The molecule has 2 aliphatic carbocycles. The third kappa shape index (κ3) is 6.28. The average molecular weight is 808 g/mol. The number of ketones is 2. The molecule has 6 aromatic rings. The number of carbonyl (C=O) groups is 2. The number of aryl methyl sites for hydroxylation is 2. The lowest BCUT2D eigenvalue weighted by Gasteiger charge is -2.23. The number of ether oxygens (including phenoxy) is 8. The fourth-order valence-corrected chi connectivity index (χ4v) is 8.51.